The highest BCUT2D eigenvalue weighted by atomic mass is 28.4. The zero-order valence-corrected chi connectivity index (χ0v) is 15.8. The number of aromatic amines is 1. The molecule has 0 radical (unpaired) electrons. The number of rotatable bonds is 3. The summed E-state index contributed by atoms with van der Waals surface area (Å²) in [4.78, 5) is 25.4. The van der Waals surface area contributed by atoms with E-state index in [-0.39, 0.29) is 18.5 Å². The summed E-state index contributed by atoms with van der Waals surface area (Å²) in [6, 6.07) is 0.274. The Labute approximate surface area is 143 Å². The van der Waals surface area contributed by atoms with Crippen molar-refractivity contribution in [1.29, 1.82) is 0 Å². The maximum absolute atomic E-state index is 15.3. The fourth-order valence-electron chi connectivity index (χ4n) is 2.41. The van der Waals surface area contributed by atoms with Gasteiger partial charge in [-0.2, -0.15) is 0 Å². The van der Waals surface area contributed by atoms with Crippen molar-refractivity contribution in [3.05, 3.63) is 33.1 Å². The number of halogens is 1. The number of nitrogens with zero attached hydrogens (tertiary/aromatic N) is 1. The van der Waals surface area contributed by atoms with Gasteiger partial charge in [0.15, 0.2) is 14.5 Å². The molecule has 0 amide bonds. The Kier molecular flexibility index (Phi) is 4.81. The van der Waals surface area contributed by atoms with E-state index in [1.165, 1.54) is 12.3 Å². The van der Waals surface area contributed by atoms with Gasteiger partial charge in [-0.1, -0.05) is 20.8 Å². The molecule has 0 spiro atoms. The first-order chi connectivity index (χ1) is 11.5. The fourth-order valence-corrected chi connectivity index (χ4v) is 3.73. The standard InChI is InChI=1S/C16H27FN2O4Si/c1-10-14(23-24(5,6)16(2,3)4)13(17)11(9-22-10)19-8-7-12(20)18-15(19)21/h7-8,10-11,13-14H,9H2,1-6H3,(H,18,20,21)/i1D. The van der Waals surface area contributed by atoms with Crippen LogP contribution in [-0.2, 0) is 9.16 Å². The fraction of sp³-hybridized carbons (Fsp3) is 0.750. The number of H-pyrrole nitrogens is 1. The van der Waals surface area contributed by atoms with E-state index in [9.17, 15) is 9.59 Å². The van der Waals surface area contributed by atoms with Crippen LogP contribution in [0.3, 0.4) is 0 Å². The molecule has 1 saturated heterocycles. The van der Waals surface area contributed by atoms with Crippen molar-refractivity contribution in [3.8, 4) is 0 Å². The van der Waals surface area contributed by atoms with E-state index >= 15 is 4.39 Å². The van der Waals surface area contributed by atoms with Crippen molar-refractivity contribution >= 4 is 8.32 Å². The molecular formula is C16H27FN2O4Si. The molecule has 1 aromatic heterocycles. The average molecular weight is 359 g/mol. The van der Waals surface area contributed by atoms with E-state index in [4.69, 9.17) is 10.5 Å². The minimum Gasteiger partial charge on any atom is -0.408 e. The highest BCUT2D eigenvalue weighted by molar-refractivity contribution is 6.74. The Balaban J connectivity index is 2.33. The van der Waals surface area contributed by atoms with Gasteiger partial charge in [0.2, 0.25) is 0 Å². The van der Waals surface area contributed by atoms with Gasteiger partial charge in [-0.05, 0) is 25.0 Å². The summed E-state index contributed by atoms with van der Waals surface area (Å²) in [6.45, 7) is 10.0. The van der Waals surface area contributed by atoms with E-state index in [0.29, 0.717) is 0 Å². The Hall–Kier alpha value is -1.25. The molecule has 0 aliphatic carbocycles. The van der Waals surface area contributed by atoms with Crippen LogP contribution in [-0.4, -0.2) is 42.9 Å². The Morgan fingerprint density at radius 3 is 2.67 bits per heavy atom. The molecule has 24 heavy (non-hydrogen) atoms. The van der Waals surface area contributed by atoms with E-state index < -0.39 is 44.0 Å². The van der Waals surface area contributed by atoms with Gasteiger partial charge < -0.3 is 9.16 Å². The third-order valence-electron chi connectivity index (χ3n) is 4.97. The summed E-state index contributed by atoms with van der Waals surface area (Å²) in [6.07, 6.45) is -1.84. The van der Waals surface area contributed by atoms with Crippen LogP contribution in [0.15, 0.2) is 21.9 Å². The number of aromatic nitrogens is 2. The molecule has 1 fully saturated rings. The van der Waals surface area contributed by atoms with Gasteiger partial charge >= 0.3 is 5.69 Å². The van der Waals surface area contributed by atoms with Crippen molar-refractivity contribution in [1.82, 2.24) is 9.55 Å². The Bertz CT molecular complexity index is 715. The van der Waals surface area contributed by atoms with E-state index in [1.807, 2.05) is 13.1 Å². The SMILES string of the molecule is [2H]CC1OCC(n2ccc(=O)[nH]c2=O)C(F)C1O[Si](C)(C)C(C)(C)C. The molecule has 0 aromatic carbocycles. The van der Waals surface area contributed by atoms with Gasteiger partial charge in [0.05, 0.1) is 18.8 Å². The third kappa shape index (κ3) is 3.70. The average Bonchev–Trinajstić information content (AvgIpc) is 2.49. The molecule has 136 valence electrons. The highest BCUT2D eigenvalue weighted by Crippen LogP contribution is 2.40. The molecule has 0 saturated carbocycles. The van der Waals surface area contributed by atoms with Gasteiger partial charge in [-0.3, -0.25) is 14.3 Å². The van der Waals surface area contributed by atoms with Crippen molar-refractivity contribution in [3.63, 3.8) is 0 Å². The molecule has 6 nitrogen and oxygen atoms in total. The monoisotopic (exact) mass is 359 g/mol. The third-order valence-corrected chi connectivity index (χ3v) is 9.45. The second kappa shape index (κ2) is 6.57. The predicted octanol–water partition coefficient (Wildman–Crippen LogP) is 2.22. The number of nitrogens with one attached hydrogen (secondary N) is 1. The van der Waals surface area contributed by atoms with Crippen LogP contribution in [0.2, 0.25) is 18.1 Å². The first-order valence-electron chi connectivity index (χ1n) is 8.73. The normalized spacial score (nSPS) is 29.3. The summed E-state index contributed by atoms with van der Waals surface area (Å²) >= 11 is 0. The zero-order chi connectivity index (χ0) is 19.0. The predicted molar refractivity (Wildman–Crippen MR) is 92.7 cm³/mol. The number of hydrogen-bond donors (Lipinski definition) is 1. The van der Waals surface area contributed by atoms with Crippen molar-refractivity contribution in [2.45, 2.75) is 70.2 Å². The Morgan fingerprint density at radius 2 is 2.12 bits per heavy atom. The maximum atomic E-state index is 15.3. The Morgan fingerprint density at radius 1 is 1.46 bits per heavy atom. The van der Waals surface area contributed by atoms with Crippen LogP contribution in [0.5, 0.6) is 0 Å². The second-order valence-corrected chi connectivity index (χ2v) is 12.5. The summed E-state index contributed by atoms with van der Waals surface area (Å²) in [5.74, 6) is 0. The van der Waals surface area contributed by atoms with Gasteiger partial charge in [-0.15, -0.1) is 0 Å². The molecule has 1 aliphatic rings. The van der Waals surface area contributed by atoms with Crippen molar-refractivity contribution in [2.24, 2.45) is 0 Å². The van der Waals surface area contributed by atoms with E-state index in [2.05, 4.69) is 25.8 Å². The van der Waals surface area contributed by atoms with Crippen LogP contribution in [0.4, 0.5) is 4.39 Å². The minimum atomic E-state index is -2.29. The summed E-state index contributed by atoms with van der Waals surface area (Å²) in [5, 5.41) is -0.124. The van der Waals surface area contributed by atoms with Gasteiger partial charge in [0, 0.05) is 13.6 Å². The van der Waals surface area contributed by atoms with Gasteiger partial charge in [0.1, 0.15) is 6.10 Å². The van der Waals surface area contributed by atoms with Crippen LogP contribution in [0.25, 0.3) is 0 Å². The number of alkyl halides is 1. The molecule has 1 aromatic rings. The lowest BCUT2D eigenvalue weighted by Crippen LogP contribution is -2.56. The lowest BCUT2D eigenvalue weighted by Gasteiger charge is -2.45. The lowest BCUT2D eigenvalue weighted by molar-refractivity contribution is -0.123. The molecule has 4 unspecified atom stereocenters. The molecule has 8 heteroatoms. The van der Waals surface area contributed by atoms with Crippen molar-refractivity contribution in [2.75, 3.05) is 6.61 Å². The smallest absolute Gasteiger partial charge is 0.328 e. The molecule has 0 bridgehead atoms. The zero-order valence-electron chi connectivity index (χ0n) is 15.8. The lowest BCUT2D eigenvalue weighted by atomic mass is 10.0. The maximum Gasteiger partial charge on any atom is 0.328 e. The number of ether oxygens (including phenoxy) is 1. The van der Waals surface area contributed by atoms with Crippen LogP contribution >= 0.6 is 0 Å². The van der Waals surface area contributed by atoms with Crippen LogP contribution in [0.1, 0.15) is 35.1 Å². The summed E-state index contributed by atoms with van der Waals surface area (Å²) in [7, 11) is -2.29. The number of hydrogen-bond acceptors (Lipinski definition) is 4. The first kappa shape index (κ1) is 17.6. The minimum absolute atomic E-state index is 0.0476. The summed E-state index contributed by atoms with van der Waals surface area (Å²) in [5.41, 5.74) is -1.22. The molecule has 4 atom stereocenters. The van der Waals surface area contributed by atoms with E-state index in [0.717, 1.165) is 4.57 Å². The molecule has 2 heterocycles. The largest absolute Gasteiger partial charge is 0.408 e. The van der Waals surface area contributed by atoms with Gasteiger partial charge in [-0.25, -0.2) is 9.18 Å². The molecule has 1 aliphatic heterocycles. The van der Waals surface area contributed by atoms with Gasteiger partial charge in [0.25, 0.3) is 5.56 Å². The highest BCUT2D eigenvalue weighted by Gasteiger charge is 2.47. The molecule has 2 rings (SSSR count). The quantitative estimate of drug-likeness (QED) is 0.840. The second-order valence-electron chi connectivity index (χ2n) is 7.74. The first-order valence-corrected chi connectivity index (χ1v) is 10.9. The van der Waals surface area contributed by atoms with E-state index in [1.54, 1.807) is 0 Å². The van der Waals surface area contributed by atoms with Crippen LogP contribution in [0, 0.1) is 0 Å². The van der Waals surface area contributed by atoms with Crippen molar-refractivity contribution < 1.29 is 14.9 Å². The molecule has 1 N–H and O–H groups in total. The molecular weight excluding hydrogens is 331 g/mol. The summed E-state index contributed by atoms with van der Waals surface area (Å²) < 4.78 is 35.9. The topological polar surface area (TPSA) is 73.3 Å². The van der Waals surface area contributed by atoms with Crippen LogP contribution < -0.4 is 11.2 Å².